The molecule has 2 N–H and O–H groups in total. The number of nitrogens with zero attached hydrogens (tertiary/aromatic N) is 1. The predicted molar refractivity (Wildman–Crippen MR) is 71.0 cm³/mol. The zero-order chi connectivity index (χ0) is 13.4. The molecule has 2 fully saturated rings. The number of carbonyl (C=O) groups is 1. The Bertz CT molecular complexity index is 321. The molecule has 0 radical (unpaired) electrons. The van der Waals surface area contributed by atoms with E-state index in [1.165, 1.54) is 0 Å². The third-order valence-electron chi connectivity index (χ3n) is 4.80. The minimum atomic E-state index is 0.0129. The average Bonchev–Trinajstić information content (AvgIpc) is 2.80. The van der Waals surface area contributed by atoms with Crippen LogP contribution in [0.3, 0.4) is 0 Å². The Morgan fingerprint density at radius 3 is 2.39 bits per heavy atom. The van der Waals surface area contributed by atoms with E-state index in [0.717, 1.165) is 13.0 Å². The van der Waals surface area contributed by atoms with Crippen LogP contribution in [0.25, 0.3) is 0 Å². The van der Waals surface area contributed by atoms with E-state index in [9.17, 15) is 4.79 Å². The molecule has 0 saturated carbocycles. The third kappa shape index (κ3) is 2.28. The summed E-state index contributed by atoms with van der Waals surface area (Å²) in [4.78, 5) is 14.7. The summed E-state index contributed by atoms with van der Waals surface area (Å²) in [5.74, 6) is 1.05. The van der Waals surface area contributed by atoms with E-state index in [1.807, 2.05) is 11.8 Å². The minimum Gasteiger partial charge on any atom is -0.374 e. The summed E-state index contributed by atoms with van der Waals surface area (Å²) in [5.41, 5.74) is 5.73. The molecule has 6 unspecified atom stereocenters. The standard InChI is InChI=1S/C14H26N2O2/c1-8-5-12(6-15)7-16(8)14(17)13-9(2)10(3)18-11(13)4/h8-13H,5-7,15H2,1-4H3. The smallest absolute Gasteiger partial charge is 0.228 e. The Kier molecular flexibility index (Phi) is 3.97. The van der Waals surface area contributed by atoms with Crippen LogP contribution in [0.5, 0.6) is 0 Å². The van der Waals surface area contributed by atoms with Crippen molar-refractivity contribution in [2.45, 2.75) is 52.4 Å². The van der Waals surface area contributed by atoms with E-state index in [1.54, 1.807) is 0 Å². The highest BCUT2D eigenvalue weighted by atomic mass is 16.5. The van der Waals surface area contributed by atoms with Gasteiger partial charge in [0.05, 0.1) is 18.1 Å². The molecule has 0 aromatic rings. The Morgan fingerprint density at radius 1 is 1.28 bits per heavy atom. The van der Waals surface area contributed by atoms with Crippen molar-refractivity contribution in [3.05, 3.63) is 0 Å². The molecule has 0 aliphatic carbocycles. The molecule has 18 heavy (non-hydrogen) atoms. The minimum absolute atomic E-state index is 0.0129. The number of ether oxygens (including phenoxy) is 1. The lowest BCUT2D eigenvalue weighted by Crippen LogP contribution is -2.43. The summed E-state index contributed by atoms with van der Waals surface area (Å²) in [6.07, 6.45) is 1.25. The third-order valence-corrected chi connectivity index (χ3v) is 4.80. The number of rotatable bonds is 2. The Balaban J connectivity index is 2.07. The maximum absolute atomic E-state index is 12.7. The van der Waals surface area contributed by atoms with Crippen molar-refractivity contribution in [1.29, 1.82) is 0 Å². The van der Waals surface area contributed by atoms with E-state index >= 15 is 0 Å². The first-order valence-electron chi connectivity index (χ1n) is 7.11. The van der Waals surface area contributed by atoms with Gasteiger partial charge in [-0.05, 0) is 45.6 Å². The maximum atomic E-state index is 12.7. The van der Waals surface area contributed by atoms with E-state index in [4.69, 9.17) is 10.5 Å². The average molecular weight is 254 g/mol. The molecule has 4 heteroatoms. The molecule has 2 aliphatic rings. The van der Waals surface area contributed by atoms with Crippen molar-refractivity contribution >= 4 is 5.91 Å². The highest BCUT2D eigenvalue weighted by molar-refractivity contribution is 5.80. The van der Waals surface area contributed by atoms with Crippen LogP contribution in [0.4, 0.5) is 0 Å². The van der Waals surface area contributed by atoms with Gasteiger partial charge in [0.1, 0.15) is 0 Å². The molecule has 4 nitrogen and oxygen atoms in total. The molecule has 104 valence electrons. The molecule has 0 spiro atoms. The highest BCUT2D eigenvalue weighted by Crippen LogP contribution is 2.35. The summed E-state index contributed by atoms with van der Waals surface area (Å²) in [6, 6.07) is 0.321. The molecular formula is C14H26N2O2. The van der Waals surface area contributed by atoms with Gasteiger partial charge in [-0.3, -0.25) is 4.79 Å². The van der Waals surface area contributed by atoms with Gasteiger partial charge >= 0.3 is 0 Å². The van der Waals surface area contributed by atoms with Crippen LogP contribution in [0.2, 0.25) is 0 Å². The largest absolute Gasteiger partial charge is 0.374 e. The summed E-state index contributed by atoms with van der Waals surface area (Å²) in [6.45, 7) is 9.83. The molecule has 0 bridgehead atoms. The van der Waals surface area contributed by atoms with Crippen molar-refractivity contribution in [3.8, 4) is 0 Å². The van der Waals surface area contributed by atoms with E-state index < -0.39 is 0 Å². The molecule has 0 aromatic carbocycles. The lowest BCUT2D eigenvalue weighted by atomic mass is 9.88. The van der Waals surface area contributed by atoms with Crippen LogP contribution in [0, 0.1) is 17.8 Å². The van der Waals surface area contributed by atoms with Crippen molar-refractivity contribution in [2.75, 3.05) is 13.1 Å². The second kappa shape index (κ2) is 5.17. The van der Waals surface area contributed by atoms with E-state index in [2.05, 4.69) is 20.8 Å². The molecule has 2 heterocycles. The van der Waals surface area contributed by atoms with Gasteiger partial charge in [0.2, 0.25) is 5.91 Å². The van der Waals surface area contributed by atoms with Gasteiger partial charge in [-0.1, -0.05) is 6.92 Å². The zero-order valence-corrected chi connectivity index (χ0v) is 11.9. The lowest BCUT2D eigenvalue weighted by molar-refractivity contribution is -0.138. The van der Waals surface area contributed by atoms with Gasteiger partial charge in [-0.25, -0.2) is 0 Å². The lowest BCUT2D eigenvalue weighted by Gasteiger charge is -2.28. The summed E-state index contributed by atoms with van der Waals surface area (Å²) in [7, 11) is 0. The Hall–Kier alpha value is -0.610. The highest BCUT2D eigenvalue weighted by Gasteiger charge is 2.45. The van der Waals surface area contributed by atoms with Crippen molar-refractivity contribution in [2.24, 2.45) is 23.5 Å². The first kappa shape index (κ1) is 13.8. The number of amides is 1. The van der Waals surface area contributed by atoms with Gasteiger partial charge in [-0.2, -0.15) is 0 Å². The van der Waals surface area contributed by atoms with Crippen LogP contribution >= 0.6 is 0 Å². The predicted octanol–water partition coefficient (Wildman–Crippen LogP) is 1.24. The topological polar surface area (TPSA) is 55.6 Å². The second-order valence-corrected chi connectivity index (χ2v) is 6.11. The van der Waals surface area contributed by atoms with Gasteiger partial charge < -0.3 is 15.4 Å². The summed E-state index contributed by atoms with van der Waals surface area (Å²) in [5, 5.41) is 0. The van der Waals surface area contributed by atoms with E-state index in [0.29, 0.717) is 24.4 Å². The molecule has 1 amide bonds. The number of carbonyl (C=O) groups excluding carboxylic acids is 1. The fourth-order valence-corrected chi connectivity index (χ4v) is 3.50. The van der Waals surface area contributed by atoms with Gasteiger partial charge in [0.25, 0.3) is 0 Å². The quantitative estimate of drug-likeness (QED) is 0.806. The Labute approximate surface area is 110 Å². The van der Waals surface area contributed by atoms with Crippen LogP contribution in [-0.2, 0) is 9.53 Å². The monoisotopic (exact) mass is 254 g/mol. The summed E-state index contributed by atoms with van der Waals surface area (Å²) < 4.78 is 5.78. The normalized spacial score (nSPS) is 44.6. The van der Waals surface area contributed by atoms with Gasteiger partial charge in [0.15, 0.2) is 0 Å². The van der Waals surface area contributed by atoms with Crippen molar-refractivity contribution < 1.29 is 9.53 Å². The van der Waals surface area contributed by atoms with Crippen LogP contribution in [-0.4, -0.2) is 42.1 Å². The van der Waals surface area contributed by atoms with Crippen LogP contribution in [0.15, 0.2) is 0 Å². The zero-order valence-electron chi connectivity index (χ0n) is 11.9. The first-order chi connectivity index (χ1) is 8.45. The fourth-order valence-electron chi connectivity index (χ4n) is 3.50. The molecule has 2 rings (SSSR count). The fraction of sp³-hybridized carbons (Fsp3) is 0.929. The molecule has 2 saturated heterocycles. The second-order valence-electron chi connectivity index (χ2n) is 6.11. The van der Waals surface area contributed by atoms with Crippen molar-refractivity contribution in [1.82, 2.24) is 4.90 Å². The number of likely N-dealkylation sites (tertiary alicyclic amines) is 1. The molecule has 6 atom stereocenters. The maximum Gasteiger partial charge on any atom is 0.228 e. The number of hydrogen-bond donors (Lipinski definition) is 1. The van der Waals surface area contributed by atoms with Gasteiger partial charge in [-0.15, -0.1) is 0 Å². The Morgan fingerprint density at radius 2 is 1.94 bits per heavy atom. The number of nitrogens with two attached hydrogens (primary N) is 1. The van der Waals surface area contributed by atoms with Gasteiger partial charge in [0, 0.05) is 12.6 Å². The first-order valence-corrected chi connectivity index (χ1v) is 7.11. The van der Waals surface area contributed by atoms with Crippen LogP contribution in [0.1, 0.15) is 34.1 Å². The van der Waals surface area contributed by atoms with Crippen LogP contribution < -0.4 is 5.73 Å². The summed E-state index contributed by atoms with van der Waals surface area (Å²) >= 11 is 0. The number of hydrogen-bond acceptors (Lipinski definition) is 3. The van der Waals surface area contributed by atoms with Crippen molar-refractivity contribution in [3.63, 3.8) is 0 Å². The SMILES string of the molecule is CC1OC(C)C(C(=O)N2CC(CN)CC2C)C1C. The molecular weight excluding hydrogens is 228 g/mol. The van der Waals surface area contributed by atoms with E-state index in [-0.39, 0.29) is 24.0 Å². The molecule has 0 aromatic heterocycles. The molecule has 2 aliphatic heterocycles.